The summed E-state index contributed by atoms with van der Waals surface area (Å²) in [7, 11) is -3.70. The van der Waals surface area contributed by atoms with Gasteiger partial charge in [0.15, 0.2) is 9.84 Å². The maximum atomic E-state index is 13.4. The van der Waals surface area contributed by atoms with Crippen LogP contribution in [0.25, 0.3) is 0 Å². The van der Waals surface area contributed by atoms with Crippen LogP contribution in [0.1, 0.15) is 56.0 Å². The molecule has 3 atom stereocenters. The fourth-order valence-electron chi connectivity index (χ4n) is 4.78. The second-order valence-electron chi connectivity index (χ2n) is 11.5. The van der Waals surface area contributed by atoms with Gasteiger partial charge in [-0.2, -0.15) is 13.2 Å². The lowest BCUT2D eigenvalue weighted by Crippen LogP contribution is -2.50. The molecule has 0 saturated heterocycles. The van der Waals surface area contributed by atoms with Gasteiger partial charge in [0.2, 0.25) is 5.91 Å². The van der Waals surface area contributed by atoms with Gasteiger partial charge in [0, 0.05) is 17.0 Å². The fourth-order valence-corrected chi connectivity index (χ4v) is 6.86. The molecule has 15 heteroatoms. The number of ether oxygens (including phenoxy) is 1. The van der Waals surface area contributed by atoms with Crippen LogP contribution in [-0.2, 0) is 25.5 Å². The van der Waals surface area contributed by atoms with E-state index in [4.69, 9.17) is 10.5 Å². The molecule has 0 aliphatic heterocycles. The second kappa shape index (κ2) is 14.2. The zero-order valence-corrected chi connectivity index (χ0v) is 26.4. The van der Waals surface area contributed by atoms with Crippen LogP contribution >= 0.6 is 11.8 Å². The van der Waals surface area contributed by atoms with E-state index in [1.165, 1.54) is 23.9 Å². The molecular weight excluding hydrogens is 621 g/mol. The van der Waals surface area contributed by atoms with E-state index >= 15 is 0 Å². The van der Waals surface area contributed by atoms with E-state index in [0.29, 0.717) is 31.4 Å². The van der Waals surface area contributed by atoms with Crippen LogP contribution in [0.5, 0.6) is 0 Å². The highest BCUT2D eigenvalue weighted by molar-refractivity contribution is 7.98. The highest BCUT2D eigenvalue weighted by Crippen LogP contribution is 2.32. The molecule has 3 amide bonds. The minimum atomic E-state index is -4.77. The van der Waals surface area contributed by atoms with Gasteiger partial charge in [0.05, 0.1) is 34.0 Å². The topological polar surface area (TPSA) is 157 Å². The summed E-state index contributed by atoms with van der Waals surface area (Å²) in [6, 6.07) is 7.88. The van der Waals surface area contributed by atoms with Crippen molar-refractivity contribution in [2.75, 3.05) is 23.9 Å². The molecular formula is C29H37F3N4O6S2. The Morgan fingerprint density at radius 1 is 1.05 bits per heavy atom. The predicted octanol–water partition coefficient (Wildman–Crippen LogP) is 4.59. The number of hydrogen-bond acceptors (Lipinski definition) is 8. The first-order valence-electron chi connectivity index (χ1n) is 13.8. The summed E-state index contributed by atoms with van der Waals surface area (Å²) in [6.07, 6.45) is -2.58. The van der Waals surface area contributed by atoms with Gasteiger partial charge in [-0.3, -0.25) is 14.9 Å². The van der Waals surface area contributed by atoms with Crippen LogP contribution < -0.4 is 21.7 Å². The second-order valence-corrected chi connectivity index (χ2v) is 14.4. The summed E-state index contributed by atoms with van der Waals surface area (Å²) >= 11 is 1.48. The van der Waals surface area contributed by atoms with Crippen molar-refractivity contribution in [2.24, 2.45) is 11.7 Å². The molecule has 3 rings (SSSR count). The molecule has 0 spiro atoms. The quantitative estimate of drug-likeness (QED) is 0.285. The van der Waals surface area contributed by atoms with Gasteiger partial charge in [-0.05, 0) is 94.7 Å². The lowest BCUT2D eigenvalue weighted by atomic mass is 9.83. The van der Waals surface area contributed by atoms with E-state index in [0.717, 1.165) is 11.0 Å². The number of benzene rings is 2. The Morgan fingerprint density at radius 2 is 1.70 bits per heavy atom. The third-order valence-electron chi connectivity index (χ3n) is 6.86. The zero-order valence-electron chi connectivity index (χ0n) is 24.8. The van der Waals surface area contributed by atoms with E-state index in [-0.39, 0.29) is 22.4 Å². The first-order chi connectivity index (χ1) is 20.4. The largest absolute Gasteiger partial charge is 0.444 e. The lowest BCUT2D eigenvalue weighted by Gasteiger charge is -2.35. The smallest absolute Gasteiger partial charge is 0.416 e. The van der Waals surface area contributed by atoms with Gasteiger partial charge in [0.1, 0.15) is 5.60 Å². The van der Waals surface area contributed by atoms with Crippen LogP contribution in [0, 0.1) is 5.92 Å². The van der Waals surface area contributed by atoms with Gasteiger partial charge < -0.3 is 21.1 Å². The number of halogens is 3. The summed E-state index contributed by atoms with van der Waals surface area (Å²) in [5.41, 5.74) is 3.30. The normalized spacial score (nSPS) is 19.1. The fraction of sp³-hybridized carbons (Fsp3) is 0.483. The number of thioether (sulfide) groups is 1. The Balaban J connectivity index is 1.70. The van der Waals surface area contributed by atoms with Crippen LogP contribution in [0.4, 0.5) is 23.7 Å². The first kappa shape index (κ1) is 35.2. The van der Waals surface area contributed by atoms with Crippen molar-refractivity contribution in [2.45, 2.75) is 73.7 Å². The third kappa shape index (κ3) is 10.1. The van der Waals surface area contributed by atoms with Gasteiger partial charge in [0.25, 0.3) is 5.91 Å². The zero-order chi connectivity index (χ0) is 32.9. The average Bonchev–Trinajstić information content (AvgIpc) is 2.91. The minimum absolute atomic E-state index is 0.156. The average molecular weight is 659 g/mol. The van der Waals surface area contributed by atoms with E-state index in [2.05, 4.69) is 16.0 Å². The molecule has 2 aromatic rings. The molecule has 0 aromatic heterocycles. The van der Waals surface area contributed by atoms with Gasteiger partial charge in [-0.25, -0.2) is 13.2 Å². The van der Waals surface area contributed by atoms with E-state index in [1.807, 2.05) is 6.26 Å². The number of anilines is 1. The maximum absolute atomic E-state index is 13.4. The lowest BCUT2D eigenvalue weighted by molar-refractivity contribution is -0.137. The number of hydrogen-bond donors (Lipinski definition) is 4. The van der Waals surface area contributed by atoms with Crippen molar-refractivity contribution >= 4 is 45.2 Å². The number of rotatable bonds is 9. The molecule has 44 heavy (non-hydrogen) atoms. The van der Waals surface area contributed by atoms with Crippen LogP contribution in [0.3, 0.4) is 0 Å². The summed E-state index contributed by atoms with van der Waals surface area (Å²) in [5, 5.41) is 7.30. The molecule has 0 heterocycles. The van der Waals surface area contributed by atoms with E-state index in [1.54, 1.807) is 32.9 Å². The Morgan fingerprint density at radius 3 is 2.30 bits per heavy atom. The molecule has 5 N–H and O–H groups in total. The van der Waals surface area contributed by atoms with E-state index < -0.39 is 69.2 Å². The van der Waals surface area contributed by atoms with Gasteiger partial charge in [-0.1, -0.05) is 0 Å². The molecule has 1 fully saturated rings. The molecule has 1 aliphatic carbocycles. The van der Waals surface area contributed by atoms with Crippen molar-refractivity contribution in [1.82, 2.24) is 10.6 Å². The standard InChI is InChI=1S/C29H37F3N4O6S2/c1-28(2,3)42-27(39)36-24-11-5-18(29(30,31)32)14-22(24)26(38)34-15-25(37)35-23-12-6-19(33)13-17(23)16-44(40,41)21-9-7-20(43-4)8-10-21/h5,7-11,14,17,19,23H,6,12-13,15-16,33H2,1-4H3,(H,34,38)(H,35,37)(H,36,39)/t17-,19+,23-/m0/s1. The summed E-state index contributed by atoms with van der Waals surface area (Å²) < 4.78 is 71.6. The summed E-state index contributed by atoms with van der Waals surface area (Å²) in [5.74, 6) is -2.47. The van der Waals surface area contributed by atoms with Crippen molar-refractivity contribution in [3.63, 3.8) is 0 Å². The highest BCUT2D eigenvalue weighted by atomic mass is 32.2. The molecule has 0 radical (unpaired) electrons. The number of nitrogens with one attached hydrogen (secondary N) is 3. The Hall–Kier alpha value is -3.30. The molecule has 0 bridgehead atoms. The SMILES string of the molecule is CSc1ccc(S(=O)(=O)C[C@@H]2C[C@H](N)CC[C@@H]2NC(=O)CNC(=O)c2cc(C(F)(F)F)ccc2NC(=O)OC(C)(C)C)cc1. The Labute approximate surface area is 259 Å². The molecule has 242 valence electrons. The van der Waals surface area contributed by atoms with Crippen molar-refractivity contribution in [3.8, 4) is 0 Å². The van der Waals surface area contributed by atoms with Gasteiger partial charge >= 0.3 is 12.3 Å². The van der Waals surface area contributed by atoms with Crippen LogP contribution in [0.2, 0.25) is 0 Å². The molecule has 1 saturated carbocycles. The van der Waals surface area contributed by atoms with E-state index in [9.17, 15) is 36.0 Å². The first-order valence-corrected chi connectivity index (χ1v) is 16.7. The number of carbonyl (C=O) groups excluding carboxylic acids is 3. The summed E-state index contributed by atoms with van der Waals surface area (Å²) in [4.78, 5) is 39.1. The third-order valence-corrected chi connectivity index (χ3v) is 9.46. The van der Waals surface area contributed by atoms with Crippen LogP contribution in [0.15, 0.2) is 52.3 Å². The number of carbonyl (C=O) groups is 3. The predicted molar refractivity (Wildman–Crippen MR) is 161 cm³/mol. The Bertz CT molecular complexity index is 1460. The van der Waals surface area contributed by atoms with Crippen molar-refractivity contribution in [1.29, 1.82) is 0 Å². The maximum Gasteiger partial charge on any atom is 0.416 e. The number of nitrogens with two attached hydrogens (primary N) is 1. The number of alkyl halides is 3. The molecule has 10 nitrogen and oxygen atoms in total. The molecule has 0 unspecified atom stereocenters. The monoisotopic (exact) mass is 658 g/mol. The molecule has 1 aliphatic rings. The van der Waals surface area contributed by atoms with Crippen molar-refractivity contribution in [3.05, 3.63) is 53.6 Å². The van der Waals surface area contributed by atoms with Gasteiger partial charge in [-0.15, -0.1) is 11.8 Å². The molecule has 2 aromatic carbocycles. The summed E-state index contributed by atoms with van der Waals surface area (Å²) in [6.45, 7) is 4.16. The minimum Gasteiger partial charge on any atom is -0.444 e. The number of amides is 3. The Kier molecular flexibility index (Phi) is 11.4. The number of sulfone groups is 1. The highest BCUT2D eigenvalue weighted by Gasteiger charge is 2.35. The van der Waals surface area contributed by atoms with Crippen molar-refractivity contribution < 1.29 is 40.7 Å². The van der Waals surface area contributed by atoms with Crippen LogP contribution in [-0.4, -0.2) is 62.6 Å².